The third-order valence-corrected chi connectivity index (χ3v) is 2.86. The zero-order valence-electron chi connectivity index (χ0n) is 8.92. The van der Waals surface area contributed by atoms with Crippen LogP contribution in [0, 0.1) is 6.92 Å². The van der Waals surface area contributed by atoms with Gasteiger partial charge in [0.2, 0.25) is 0 Å². The monoisotopic (exact) mass is 313 g/mol. The third-order valence-electron chi connectivity index (χ3n) is 2.19. The van der Waals surface area contributed by atoms with Crippen molar-refractivity contribution in [3.05, 3.63) is 45.4 Å². The average molecular weight is 315 g/mol. The maximum Gasteiger partial charge on any atom is 0.272 e. The molecular formula is C11H9BrClN3O. The van der Waals surface area contributed by atoms with Gasteiger partial charge in [-0.25, -0.2) is 4.98 Å². The van der Waals surface area contributed by atoms with Crippen LogP contribution in [0.1, 0.15) is 16.2 Å². The van der Waals surface area contributed by atoms with Crippen molar-refractivity contribution in [1.82, 2.24) is 9.97 Å². The number of aromatic nitrogens is 2. The Balaban J connectivity index is 2.18. The van der Waals surface area contributed by atoms with E-state index in [1.807, 2.05) is 0 Å². The number of aromatic amines is 1. The summed E-state index contributed by atoms with van der Waals surface area (Å²) in [6.07, 6.45) is 1.70. The third kappa shape index (κ3) is 2.87. The Labute approximate surface area is 112 Å². The predicted octanol–water partition coefficient (Wildman–Crippen LogP) is 3.39. The molecule has 88 valence electrons. The lowest BCUT2D eigenvalue weighted by Crippen LogP contribution is -2.13. The molecule has 2 rings (SSSR count). The van der Waals surface area contributed by atoms with E-state index >= 15 is 0 Å². The van der Waals surface area contributed by atoms with Gasteiger partial charge >= 0.3 is 0 Å². The van der Waals surface area contributed by atoms with Gasteiger partial charge in [0.25, 0.3) is 5.91 Å². The highest BCUT2D eigenvalue weighted by molar-refractivity contribution is 9.10. The second kappa shape index (κ2) is 4.89. The average Bonchev–Trinajstić information content (AvgIpc) is 2.69. The SMILES string of the molecule is Cc1nc(Cl)ccc1NC(=O)c1cc(Br)c[nH]1. The number of aryl methyl sites for hydroxylation is 1. The van der Waals surface area contributed by atoms with Gasteiger partial charge in [0.15, 0.2) is 0 Å². The molecule has 2 N–H and O–H groups in total. The van der Waals surface area contributed by atoms with E-state index in [0.29, 0.717) is 22.2 Å². The zero-order valence-corrected chi connectivity index (χ0v) is 11.3. The second-order valence-corrected chi connectivity index (χ2v) is 4.76. The van der Waals surface area contributed by atoms with Gasteiger partial charge in [-0.1, -0.05) is 11.6 Å². The fourth-order valence-electron chi connectivity index (χ4n) is 1.35. The van der Waals surface area contributed by atoms with Crippen molar-refractivity contribution in [2.45, 2.75) is 6.92 Å². The van der Waals surface area contributed by atoms with Crippen molar-refractivity contribution in [2.24, 2.45) is 0 Å². The molecule has 0 atom stereocenters. The molecule has 0 aromatic carbocycles. The summed E-state index contributed by atoms with van der Waals surface area (Å²) in [5.74, 6) is -0.220. The Hall–Kier alpha value is -1.33. The molecule has 0 aliphatic heterocycles. The van der Waals surface area contributed by atoms with Crippen molar-refractivity contribution >= 4 is 39.1 Å². The van der Waals surface area contributed by atoms with Gasteiger partial charge in [0, 0.05) is 10.7 Å². The highest BCUT2D eigenvalue weighted by Crippen LogP contribution is 2.17. The number of halogens is 2. The topological polar surface area (TPSA) is 57.8 Å². The molecule has 4 nitrogen and oxygen atoms in total. The standard InChI is InChI=1S/C11H9BrClN3O/c1-6-8(2-3-10(13)15-6)16-11(17)9-4-7(12)5-14-9/h2-5,14H,1H3,(H,16,17). The number of carbonyl (C=O) groups is 1. The molecule has 0 fully saturated rings. The quantitative estimate of drug-likeness (QED) is 0.835. The van der Waals surface area contributed by atoms with Crippen LogP contribution in [0.2, 0.25) is 5.15 Å². The molecule has 0 aliphatic carbocycles. The first kappa shape index (κ1) is 12.1. The molecule has 2 aromatic rings. The smallest absolute Gasteiger partial charge is 0.272 e. The molecule has 0 saturated heterocycles. The lowest BCUT2D eigenvalue weighted by Gasteiger charge is -2.06. The van der Waals surface area contributed by atoms with E-state index in [9.17, 15) is 4.79 Å². The minimum atomic E-state index is -0.220. The van der Waals surface area contributed by atoms with Gasteiger partial charge in [-0.3, -0.25) is 4.79 Å². The minimum Gasteiger partial charge on any atom is -0.356 e. The summed E-state index contributed by atoms with van der Waals surface area (Å²) in [5, 5.41) is 3.16. The van der Waals surface area contributed by atoms with Crippen molar-refractivity contribution in [3.8, 4) is 0 Å². The van der Waals surface area contributed by atoms with Gasteiger partial charge < -0.3 is 10.3 Å². The molecular weight excluding hydrogens is 305 g/mol. The summed E-state index contributed by atoms with van der Waals surface area (Å²) in [6.45, 7) is 1.78. The number of nitrogens with zero attached hydrogens (tertiary/aromatic N) is 1. The number of amides is 1. The zero-order chi connectivity index (χ0) is 12.4. The van der Waals surface area contributed by atoms with E-state index in [4.69, 9.17) is 11.6 Å². The fraction of sp³-hybridized carbons (Fsp3) is 0.0909. The number of carbonyl (C=O) groups excluding carboxylic acids is 1. The van der Waals surface area contributed by atoms with Gasteiger partial charge in [-0.05, 0) is 41.1 Å². The molecule has 1 amide bonds. The van der Waals surface area contributed by atoms with E-state index in [1.54, 1.807) is 31.3 Å². The molecule has 0 saturated carbocycles. The van der Waals surface area contributed by atoms with Crippen molar-refractivity contribution in [2.75, 3.05) is 5.32 Å². The van der Waals surface area contributed by atoms with Crippen LogP contribution >= 0.6 is 27.5 Å². The molecule has 0 spiro atoms. The predicted molar refractivity (Wildman–Crippen MR) is 70.4 cm³/mol. The van der Waals surface area contributed by atoms with E-state index in [1.165, 1.54) is 0 Å². The highest BCUT2D eigenvalue weighted by Gasteiger charge is 2.10. The molecule has 2 heterocycles. The van der Waals surface area contributed by atoms with Crippen LogP contribution in [-0.2, 0) is 0 Å². The number of nitrogens with one attached hydrogen (secondary N) is 2. The summed E-state index contributed by atoms with van der Waals surface area (Å²) in [4.78, 5) is 18.7. The molecule has 0 radical (unpaired) electrons. The molecule has 0 unspecified atom stereocenters. The van der Waals surface area contributed by atoms with Crippen LogP contribution in [0.3, 0.4) is 0 Å². The summed E-state index contributed by atoms with van der Waals surface area (Å²) in [6, 6.07) is 5.06. The molecule has 2 aromatic heterocycles. The molecule has 17 heavy (non-hydrogen) atoms. The van der Waals surface area contributed by atoms with Gasteiger partial charge in [-0.15, -0.1) is 0 Å². The maximum absolute atomic E-state index is 11.8. The van der Waals surface area contributed by atoms with Crippen LogP contribution in [-0.4, -0.2) is 15.9 Å². The fourth-order valence-corrected chi connectivity index (χ4v) is 1.88. The summed E-state index contributed by atoms with van der Waals surface area (Å²) < 4.78 is 0.827. The minimum absolute atomic E-state index is 0.220. The van der Waals surface area contributed by atoms with Crippen LogP contribution in [0.5, 0.6) is 0 Å². The van der Waals surface area contributed by atoms with E-state index in [-0.39, 0.29) is 5.91 Å². The van der Waals surface area contributed by atoms with E-state index in [0.717, 1.165) is 4.47 Å². The van der Waals surface area contributed by atoms with Gasteiger partial charge in [0.05, 0.1) is 11.4 Å². The molecule has 0 aliphatic rings. The number of rotatable bonds is 2. The van der Waals surface area contributed by atoms with Crippen LogP contribution in [0.15, 0.2) is 28.9 Å². The van der Waals surface area contributed by atoms with Crippen LogP contribution < -0.4 is 5.32 Å². The Bertz CT molecular complexity index is 568. The number of hydrogen-bond acceptors (Lipinski definition) is 2. The first-order chi connectivity index (χ1) is 8.06. The normalized spacial score (nSPS) is 10.3. The van der Waals surface area contributed by atoms with Gasteiger partial charge in [-0.2, -0.15) is 0 Å². The lowest BCUT2D eigenvalue weighted by atomic mass is 10.3. The first-order valence-corrected chi connectivity index (χ1v) is 6.02. The van der Waals surface area contributed by atoms with E-state index < -0.39 is 0 Å². The summed E-state index contributed by atoms with van der Waals surface area (Å²) in [7, 11) is 0. The van der Waals surface area contributed by atoms with Crippen molar-refractivity contribution in [1.29, 1.82) is 0 Å². The number of H-pyrrole nitrogens is 1. The second-order valence-electron chi connectivity index (χ2n) is 3.45. The number of hydrogen-bond donors (Lipinski definition) is 2. The first-order valence-electron chi connectivity index (χ1n) is 4.84. The summed E-state index contributed by atoms with van der Waals surface area (Å²) >= 11 is 9.01. The Morgan fingerprint density at radius 2 is 2.29 bits per heavy atom. The maximum atomic E-state index is 11.8. The number of anilines is 1. The Morgan fingerprint density at radius 3 is 2.88 bits per heavy atom. The summed E-state index contributed by atoms with van der Waals surface area (Å²) in [5.41, 5.74) is 1.80. The largest absolute Gasteiger partial charge is 0.356 e. The number of pyridine rings is 1. The lowest BCUT2D eigenvalue weighted by molar-refractivity contribution is 0.102. The molecule has 0 bridgehead atoms. The van der Waals surface area contributed by atoms with Crippen LogP contribution in [0.25, 0.3) is 0 Å². The van der Waals surface area contributed by atoms with Crippen LogP contribution in [0.4, 0.5) is 5.69 Å². The van der Waals surface area contributed by atoms with E-state index in [2.05, 4.69) is 31.2 Å². The highest BCUT2D eigenvalue weighted by atomic mass is 79.9. The Morgan fingerprint density at radius 1 is 1.53 bits per heavy atom. The van der Waals surface area contributed by atoms with Gasteiger partial charge in [0.1, 0.15) is 10.8 Å². The molecule has 6 heteroatoms. The Kier molecular flexibility index (Phi) is 3.49. The van der Waals surface area contributed by atoms with Crippen molar-refractivity contribution in [3.63, 3.8) is 0 Å². The van der Waals surface area contributed by atoms with Crippen molar-refractivity contribution < 1.29 is 4.79 Å².